The van der Waals surface area contributed by atoms with Crippen LogP contribution in [0.5, 0.6) is 0 Å². The zero-order valence-corrected chi connectivity index (χ0v) is 15.1. The molecular weight excluding hydrogens is 350 g/mol. The van der Waals surface area contributed by atoms with Crippen molar-refractivity contribution >= 4 is 34.9 Å². The zero-order chi connectivity index (χ0) is 16.8. The molecule has 0 saturated carbocycles. The molecule has 0 aliphatic heterocycles. The van der Waals surface area contributed by atoms with Gasteiger partial charge in [-0.1, -0.05) is 11.6 Å². The molecule has 0 spiro atoms. The first-order chi connectivity index (χ1) is 11.0. The smallest absolute Gasteiger partial charge is 0.298 e. The van der Waals surface area contributed by atoms with E-state index in [9.17, 15) is 9.59 Å². The van der Waals surface area contributed by atoms with Gasteiger partial charge in [0.15, 0.2) is 6.04 Å². The number of rotatable bonds is 6. The van der Waals surface area contributed by atoms with E-state index in [0.29, 0.717) is 17.4 Å². The van der Waals surface area contributed by atoms with E-state index in [1.54, 1.807) is 23.9 Å². The van der Waals surface area contributed by atoms with Crippen LogP contribution in [0.1, 0.15) is 17.5 Å². The van der Waals surface area contributed by atoms with E-state index in [-0.39, 0.29) is 35.3 Å². The molecule has 0 unspecified atom stereocenters. The van der Waals surface area contributed by atoms with Crippen LogP contribution in [-0.4, -0.2) is 30.2 Å². The van der Waals surface area contributed by atoms with Crippen molar-refractivity contribution in [1.82, 2.24) is 5.43 Å². The maximum Gasteiger partial charge on any atom is 0.298 e. The molecule has 8 heteroatoms. The van der Waals surface area contributed by atoms with Crippen LogP contribution < -0.4 is 29.0 Å². The number of thioether (sulfide) groups is 1. The first kappa shape index (κ1) is 20.2. The summed E-state index contributed by atoms with van der Waals surface area (Å²) >= 11 is 1.66. The van der Waals surface area contributed by atoms with Crippen LogP contribution in [0.3, 0.4) is 0 Å². The third-order valence-corrected chi connectivity index (χ3v) is 4.02. The topological polar surface area (TPSA) is 99.3 Å². The molecule has 1 aromatic carbocycles. The maximum absolute atomic E-state index is 12.4. The lowest BCUT2D eigenvalue weighted by Crippen LogP contribution is -3.00. The number of amides is 1. The number of carbonyl (C=O) groups excluding carboxylic acids is 1. The largest absolute Gasteiger partial charge is 1.00 e. The van der Waals surface area contributed by atoms with Crippen molar-refractivity contribution in [2.24, 2.45) is 5.10 Å². The van der Waals surface area contributed by atoms with Gasteiger partial charge in [-0.05, 0) is 31.1 Å². The van der Waals surface area contributed by atoms with E-state index in [2.05, 4.69) is 16.3 Å². The molecule has 6 nitrogen and oxygen atoms in total. The first-order valence-electron chi connectivity index (χ1n) is 7.20. The molecule has 0 aliphatic rings. The van der Waals surface area contributed by atoms with Crippen molar-refractivity contribution in [1.29, 1.82) is 0 Å². The SMILES string of the molecule is CSCC[C@H]([NH3+])C(=O)NN=Cc1coc2ccc(C)cc2c1=O.[Cl-]. The van der Waals surface area contributed by atoms with Crippen molar-refractivity contribution in [3.8, 4) is 0 Å². The van der Waals surface area contributed by atoms with Crippen LogP contribution in [-0.2, 0) is 4.79 Å². The van der Waals surface area contributed by atoms with Crippen LogP contribution >= 0.6 is 11.8 Å². The standard InChI is InChI=1S/C16H19N3O3S.ClH/c1-10-3-4-14-12(7-10)15(20)11(9-22-14)8-18-19-16(21)13(17)5-6-23-2;/h3-4,7-9,13H,5-6,17H2,1-2H3,(H,19,21);1H/t13-;/m0./s1. The number of nitrogens with zero attached hydrogens (tertiary/aromatic N) is 1. The second kappa shape index (κ2) is 9.46. The third kappa shape index (κ3) is 5.09. The van der Waals surface area contributed by atoms with E-state index < -0.39 is 0 Å². The zero-order valence-electron chi connectivity index (χ0n) is 13.5. The number of hydrogen-bond donors (Lipinski definition) is 2. The minimum absolute atomic E-state index is 0. The Kier molecular flexibility index (Phi) is 7.97. The summed E-state index contributed by atoms with van der Waals surface area (Å²) in [6, 6.07) is 5.04. The molecule has 0 fully saturated rings. The fraction of sp³-hybridized carbons (Fsp3) is 0.312. The van der Waals surface area contributed by atoms with Gasteiger partial charge in [-0.15, -0.1) is 0 Å². The normalized spacial score (nSPS) is 12.1. The van der Waals surface area contributed by atoms with Gasteiger partial charge in [0.25, 0.3) is 5.91 Å². The Morgan fingerprint density at radius 1 is 1.50 bits per heavy atom. The summed E-state index contributed by atoms with van der Waals surface area (Å²) in [5.41, 5.74) is 7.80. The molecule has 2 aromatic rings. The minimum Gasteiger partial charge on any atom is -1.00 e. The number of halogens is 1. The van der Waals surface area contributed by atoms with E-state index in [1.807, 2.05) is 19.2 Å². The van der Waals surface area contributed by atoms with Gasteiger partial charge in [-0.2, -0.15) is 16.9 Å². The number of benzene rings is 1. The first-order valence-corrected chi connectivity index (χ1v) is 8.59. The molecule has 1 atom stereocenters. The van der Waals surface area contributed by atoms with Crippen LogP contribution in [0.4, 0.5) is 0 Å². The van der Waals surface area contributed by atoms with Gasteiger partial charge in [0.05, 0.1) is 17.2 Å². The molecule has 0 radical (unpaired) electrons. The third-order valence-electron chi connectivity index (χ3n) is 3.37. The quantitative estimate of drug-likeness (QED) is 0.451. The Morgan fingerprint density at radius 2 is 2.25 bits per heavy atom. The van der Waals surface area contributed by atoms with Gasteiger partial charge in [0.1, 0.15) is 11.8 Å². The number of aryl methyl sites for hydroxylation is 1. The highest BCUT2D eigenvalue weighted by Crippen LogP contribution is 2.12. The van der Waals surface area contributed by atoms with Crippen molar-refractivity contribution in [3.63, 3.8) is 0 Å². The van der Waals surface area contributed by atoms with Gasteiger partial charge in [0.2, 0.25) is 5.43 Å². The summed E-state index contributed by atoms with van der Waals surface area (Å²) in [7, 11) is 0. The van der Waals surface area contributed by atoms with E-state index in [0.717, 1.165) is 11.3 Å². The van der Waals surface area contributed by atoms with Gasteiger partial charge >= 0.3 is 0 Å². The summed E-state index contributed by atoms with van der Waals surface area (Å²) < 4.78 is 5.42. The fourth-order valence-corrected chi connectivity index (χ4v) is 2.52. The predicted molar refractivity (Wildman–Crippen MR) is 92.6 cm³/mol. The highest BCUT2D eigenvalue weighted by Gasteiger charge is 2.15. The Hall–Kier alpha value is -1.83. The number of hydrogen-bond acceptors (Lipinski definition) is 5. The summed E-state index contributed by atoms with van der Waals surface area (Å²) in [6.07, 6.45) is 5.29. The van der Waals surface area contributed by atoms with E-state index >= 15 is 0 Å². The van der Waals surface area contributed by atoms with Crippen LogP contribution in [0.25, 0.3) is 11.0 Å². The van der Waals surface area contributed by atoms with Gasteiger partial charge in [-0.25, -0.2) is 5.43 Å². The Bertz CT molecular complexity index is 792. The molecule has 1 heterocycles. The van der Waals surface area contributed by atoms with Crippen LogP contribution in [0.15, 0.2) is 38.8 Å². The highest BCUT2D eigenvalue weighted by molar-refractivity contribution is 7.98. The highest BCUT2D eigenvalue weighted by atomic mass is 35.5. The van der Waals surface area contributed by atoms with E-state index in [1.165, 1.54) is 12.5 Å². The average Bonchev–Trinajstić information content (AvgIpc) is 2.55. The molecule has 24 heavy (non-hydrogen) atoms. The molecule has 0 aliphatic carbocycles. The Balaban J connectivity index is 0.00000288. The summed E-state index contributed by atoms with van der Waals surface area (Å²) in [6.45, 7) is 1.91. The van der Waals surface area contributed by atoms with Crippen molar-refractivity contribution in [2.45, 2.75) is 19.4 Å². The van der Waals surface area contributed by atoms with Crippen LogP contribution in [0, 0.1) is 6.92 Å². The van der Waals surface area contributed by atoms with E-state index in [4.69, 9.17) is 4.42 Å². The lowest BCUT2D eigenvalue weighted by Gasteiger charge is -2.05. The van der Waals surface area contributed by atoms with Crippen molar-refractivity contribution in [2.75, 3.05) is 12.0 Å². The van der Waals surface area contributed by atoms with Crippen LogP contribution in [0.2, 0.25) is 0 Å². The molecule has 2 rings (SSSR count). The average molecular weight is 370 g/mol. The summed E-state index contributed by atoms with van der Waals surface area (Å²) in [5.74, 6) is 0.593. The number of fused-ring (bicyclic) bond motifs is 1. The summed E-state index contributed by atoms with van der Waals surface area (Å²) in [4.78, 5) is 24.1. The summed E-state index contributed by atoms with van der Waals surface area (Å²) in [5, 5.41) is 4.33. The number of carbonyl (C=O) groups is 1. The second-order valence-electron chi connectivity index (χ2n) is 5.23. The number of quaternary nitrogens is 1. The number of hydrazone groups is 1. The monoisotopic (exact) mass is 369 g/mol. The fourth-order valence-electron chi connectivity index (χ4n) is 2.00. The molecule has 1 amide bonds. The molecule has 130 valence electrons. The lowest BCUT2D eigenvalue weighted by molar-refractivity contribution is -0.403. The Morgan fingerprint density at radius 3 is 2.96 bits per heavy atom. The van der Waals surface area contributed by atoms with Gasteiger partial charge < -0.3 is 22.6 Å². The minimum atomic E-state index is -0.365. The molecular formula is C16H20ClN3O3S. The Labute approximate surface area is 150 Å². The molecule has 4 N–H and O–H groups in total. The lowest BCUT2D eigenvalue weighted by atomic mass is 10.1. The second-order valence-corrected chi connectivity index (χ2v) is 6.22. The van der Waals surface area contributed by atoms with Crippen molar-refractivity contribution < 1.29 is 27.4 Å². The maximum atomic E-state index is 12.4. The molecule has 1 aromatic heterocycles. The molecule has 0 bridgehead atoms. The predicted octanol–water partition coefficient (Wildman–Crippen LogP) is -2.08. The van der Waals surface area contributed by atoms with Gasteiger partial charge in [-0.3, -0.25) is 9.59 Å². The molecule has 0 saturated heterocycles. The number of nitrogens with one attached hydrogen (secondary N) is 1. The van der Waals surface area contributed by atoms with Crippen molar-refractivity contribution in [3.05, 3.63) is 45.8 Å². The van der Waals surface area contributed by atoms with Gasteiger partial charge in [0, 0.05) is 6.42 Å².